The predicted molar refractivity (Wildman–Crippen MR) is 76.9 cm³/mol. The number of fused-ring (bicyclic) bond motifs is 1. The van der Waals surface area contributed by atoms with Crippen LogP contribution in [0.5, 0.6) is 11.5 Å². The van der Waals surface area contributed by atoms with Crippen LogP contribution in [-0.4, -0.2) is 19.1 Å². The summed E-state index contributed by atoms with van der Waals surface area (Å²) in [6.45, 7) is 1.50. The lowest BCUT2D eigenvalue weighted by molar-refractivity contribution is 0.0923. The Hall–Kier alpha value is -2.14. The van der Waals surface area contributed by atoms with Crippen molar-refractivity contribution in [1.29, 1.82) is 0 Å². The third kappa shape index (κ3) is 3.13. The summed E-state index contributed by atoms with van der Waals surface area (Å²) in [6.07, 6.45) is 2.27. The van der Waals surface area contributed by atoms with Gasteiger partial charge < -0.3 is 19.2 Å². The van der Waals surface area contributed by atoms with Crippen LogP contribution in [-0.2, 0) is 6.54 Å². The van der Waals surface area contributed by atoms with Crippen LogP contribution in [0, 0.1) is 0 Å². The molecular weight excluding hydrogens is 294 g/mol. The molecule has 0 atom stereocenters. The maximum atomic E-state index is 11.8. The van der Waals surface area contributed by atoms with E-state index in [0.717, 1.165) is 12.0 Å². The van der Waals surface area contributed by atoms with Crippen LogP contribution in [0.15, 0.2) is 34.9 Å². The standard InChI is InChI=1S/C15H14ClNO4/c16-11-7-10(8-13-14(11)21-6-2-5-20-13)9-17-15(18)12-3-1-4-19-12/h1,3-4,7-8H,2,5-6,9H2,(H,17,18). The summed E-state index contributed by atoms with van der Waals surface area (Å²) < 4.78 is 16.2. The average molecular weight is 308 g/mol. The third-order valence-electron chi connectivity index (χ3n) is 3.06. The van der Waals surface area contributed by atoms with E-state index in [1.54, 1.807) is 18.2 Å². The van der Waals surface area contributed by atoms with Crippen molar-refractivity contribution < 1.29 is 18.7 Å². The molecule has 0 spiro atoms. The average Bonchev–Trinajstić information content (AvgIpc) is 2.91. The number of ether oxygens (including phenoxy) is 2. The second kappa shape index (κ2) is 6.10. The molecule has 0 bridgehead atoms. The van der Waals surface area contributed by atoms with E-state index in [9.17, 15) is 4.79 Å². The van der Waals surface area contributed by atoms with Gasteiger partial charge in [0.1, 0.15) is 0 Å². The normalized spacial score (nSPS) is 13.6. The Bertz CT molecular complexity index is 639. The lowest BCUT2D eigenvalue weighted by atomic mass is 10.2. The number of amides is 1. The second-order valence-corrected chi connectivity index (χ2v) is 5.02. The van der Waals surface area contributed by atoms with E-state index in [2.05, 4.69) is 5.32 Å². The van der Waals surface area contributed by atoms with Gasteiger partial charge in [0, 0.05) is 13.0 Å². The summed E-state index contributed by atoms with van der Waals surface area (Å²) in [7, 11) is 0. The minimum absolute atomic E-state index is 0.274. The van der Waals surface area contributed by atoms with Gasteiger partial charge in [-0.3, -0.25) is 4.79 Å². The molecule has 1 aliphatic heterocycles. The molecule has 0 fully saturated rings. The minimum Gasteiger partial charge on any atom is -0.489 e. The number of halogens is 1. The summed E-state index contributed by atoms with van der Waals surface area (Å²) >= 11 is 6.20. The summed E-state index contributed by atoms with van der Waals surface area (Å²) in [6, 6.07) is 6.86. The molecular formula is C15H14ClNO4. The van der Waals surface area contributed by atoms with Crippen molar-refractivity contribution in [3.8, 4) is 11.5 Å². The van der Waals surface area contributed by atoms with Crippen LogP contribution in [0.2, 0.25) is 5.02 Å². The van der Waals surface area contributed by atoms with Gasteiger partial charge in [-0.2, -0.15) is 0 Å². The van der Waals surface area contributed by atoms with Crippen molar-refractivity contribution in [3.63, 3.8) is 0 Å². The largest absolute Gasteiger partial charge is 0.489 e. The van der Waals surface area contributed by atoms with Crippen LogP contribution >= 0.6 is 11.6 Å². The van der Waals surface area contributed by atoms with E-state index in [1.807, 2.05) is 6.07 Å². The van der Waals surface area contributed by atoms with Crippen molar-refractivity contribution in [1.82, 2.24) is 5.32 Å². The fraction of sp³-hybridized carbons (Fsp3) is 0.267. The van der Waals surface area contributed by atoms with E-state index in [4.69, 9.17) is 25.5 Å². The molecule has 3 rings (SSSR count). The number of benzene rings is 1. The maximum absolute atomic E-state index is 11.8. The zero-order valence-electron chi connectivity index (χ0n) is 11.2. The number of nitrogens with one attached hydrogen (secondary N) is 1. The quantitative estimate of drug-likeness (QED) is 0.947. The van der Waals surface area contributed by atoms with Gasteiger partial charge in [-0.1, -0.05) is 11.6 Å². The van der Waals surface area contributed by atoms with Crippen molar-refractivity contribution in [2.24, 2.45) is 0 Å². The smallest absolute Gasteiger partial charge is 0.287 e. The molecule has 0 aliphatic carbocycles. The molecule has 110 valence electrons. The lowest BCUT2D eigenvalue weighted by Crippen LogP contribution is -2.22. The first-order chi connectivity index (χ1) is 10.2. The third-order valence-corrected chi connectivity index (χ3v) is 3.34. The van der Waals surface area contributed by atoms with Gasteiger partial charge in [-0.05, 0) is 29.8 Å². The van der Waals surface area contributed by atoms with Crippen molar-refractivity contribution in [2.45, 2.75) is 13.0 Å². The van der Waals surface area contributed by atoms with Crippen LogP contribution in [0.1, 0.15) is 22.5 Å². The molecule has 0 unspecified atom stereocenters. The van der Waals surface area contributed by atoms with Crippen LogP contribution in [0.4, 0.5) is 0 Å². The van der Waals surface area contributed by atoms with Gasteiger partial charge in [-0.25, -0.2) is 0 Å². The molecule has 1 aliphatic rings. The highest BCUT2D eigenvalue weighted by Gasteiger charge is 2.16. The van der Waals surface area contributed by atoms with Gasteiger partial charge in [0.15, 0.2) is 17.3 Å². The second-order valence-electron chi connectivity index (χ2n) is 4.62. The molecule has 2 aromatic rings. The highest BCUT2D eigenvalue weighted by molar-refractivity contribution is 6.32. The molecule has 0 saturated heterocycles. The zero-order chi connectivity index (χ0) is 14.7. The Morgan fingerprint density at radius 2 is 2.14 bits per heavy atom. The molecule has 0 radical (unpaired) electrons. The van der Waals surface area contributed by atoms with Gasteiger partial charge >= 0.3 is 0 Å². The van der Waals surface area contributed by atoms with E-state index in [1.165, 1.54) is 6.26 Å². The van der Waals surface area contributed by atoms with Crippen molar-refractivity contribution in [3.05, 3.63) is 46.9 Å². The number of carbonyl (C=O) groups excluding carboxylic acids is 1. The number of carbonyl (C=O) groups is 1. The van der Waals surface area contributed by atoms with Gasteiger partial charge in [0.2, 0.25) is 0 Å². The molecule has 5 nitrogen and oxygen atoms in total. The number of hydrogen-bond donors (Lipinski definition) is 1. The number of rotatable bonds is 3. The monoisotopic (exact) mass is 307 g/mol. The van der Waals surface area contributed by atoms with E-state index < -0.39 is 0 Å². The lowest BCUT2D eigenvalue weighted by Gasteiger charge is -2.11. The fourth-order valence-corrected chi connectivity index (χ4v) is 2.35. The summed E-state index contributed by atoms with van der Waals surface area (Å²) in [4.78, 5) is 11.8. The maximum Gasteiger partial charge on any atom is 0.287 e. The van der Waals surface area contributed by atoms with Crippen molar-refractivity contribution >= 4 is 17.5 Å². The first-order valence-corrected chi connectivity index (χ1v) is 7.01. The SMILES string of the molecule is O=C(NCc1cc(Cl)c2c(c1)OCCCO2)c1ccco1. The van der Waals surface area contributed by atoms with E-state index in [0.29, 0.717) is 36.3 Å². The van der Waals surface area contributed by atoms with Crippen LogP contribution < -0.4 is 14.8 Å². The Morgan fingerprint density at radius 3 is 2.95 bits per heavy atom. The molecule has 21 heavy (non-hydrogen) atoms. The minimum atomic E-state index is -0.275. The Labute approximate surface area is 126 Å². The van der Waals surface area contributed by atoms with E-state index in [-0.39, 0.29) is 11.7 Å². The molecule has 6 heteroatoms. The molecule has 0 saturated carbocycles. The first-order valence-electron chi connectivity index (χ1n) is 6.64. The van der Waals surface area contributed by atoms with E-state index >= 15 is 0 Å². The molecule has 2 heterocycles. The Kier molecular flexibility index (Phi) is 4.01. The predicted octanol–water partition coefficient (Wildman–Crippen LogP) is 3.02. The van der Waals surface area contributed by atoms with Crippen molar-refractivity contribution in [2.75, 3.05) is 13.2 Å². The molecule has 1 aromatic heterocycles. The highest BCUT2D eigenvalue weighted by atomic mass is 35.5. The topological polar surface area (TPSA) is 60.7 Å². The van der Waals surface area contributed by atoms with Gasteiger partial charge in [-0.15, -0.1) is 0 Å². The summed E-state index contributed by atoms with van der Waals surface area (Å²) in [5.74, 6) is 1.18. The van der Waals surface area contributed by atoms with Crippen LogP contribution in [0.25, 0.3) is 0 Å². The zero-order valence-corrected chi connectivity index (χ0v) is 12.0. The fourth-order valence-electron chi connectivity index (χ4n) is 2.06. The molecule has 1 aromatic carbocycles. The summed E-state index contributed by atoms with van der Waals surface area (Å²) in [5.41, 5.74) is 0.837. The molecule has 1 amide bonds. The first kappa shape index (κ1) is 13.8. The Balaban J connectivity index is 1.73. The van der Waals surface area contributed by atoms with Gasteiger partial charge in [0.05, 0.1) is 24.5 Å². The van der Waals surface area contributed by atoms with Gasteiger partial charge in [0.25, 0.3) is 5.91 Å². The molecule has 1 N–H and O–H groups in total. The summed E-state index contributed by atoms with van der Waals surface area (Å²) in [5, 5.41) is 3.25. The van der Waals surface area contributed by atoms with Crippen LogP contribution in [0.3, 0.4) is 0 Å². The number of furan rings is 1. The number of hydrogen-bond acceptors (Lipinski definition) is 4. The highest BCUT2D eigenvalue weighted by Crippen LogP contribution is 2.37. The Morgan fingerprint density at radius 1 is 1.29 bits per heavy atom.